The van der Waals surface area contributed by atoms with Gasteiger partial charge in [-0.25, -0.2) is 0 Å². The third-order valence-corrected chi connectivity index (χ3v) is 4.88. The van der Waals surface area contributed by atoms with Crippen LogP contribution in [-0.4, -0.2) is 47.5 Å². The van der Waals surface area contributed by atoms with Gasteiger partial charge < -0.3 is 10.6 Å². The Morgan fingerprint density at radius 1 is 0.875 bits per heavy atom. The maximum atomic E-state index is 5.63. The lowest BCUT2D eigenvalue weighted by Crippen LogP contribution is -2.48. The number of nitrogens with two attached hydrogens (primary N) is 1. The zero-order chi connectivity index (χ0) is 16.8. The highest BCUT2D eigenvalue weighted by Gasteiger charge is 2.26. The minimum Gasteiger partial charge on any atom is -0.393 e. The van der Waals surface area contributed by atoms with Gasteiger partial charge in [0.2, 0.25) is 0 Å². The van der Waals surface area contributed by atoms with Gasteiger partial charge >= 0.3 is 0 Å². The van der Waals surface area contributed by atoms with Gasteiger partial charge in [0, 0.05) is 39.1 Å². The molecule has 0 saturated carbocycles. The SMILES string of the molecule is NC(=S)CCN1CCN(C(c2ccccc2)c2ccccc2)CC1. The monoisotopic (exact) mass is 339 g/mol. The predicted octanol–water partition coefficient (Wildman–Crippen LogP) is 3.07. The van der Waals surface area contributed by atoms with Gasteiger partial charge in [-0.15, -0.1) is 0 Å². The summed E-state index contributed by atoms with van der Waals surface area (Å²) in [4.78, 5) is 5.66. The third kappa shape index (κ3) is 4.41. The molecular formula is C20H25N3S. The molecule has 0 radical (unpaired) electrons. The van der Waals surface area contributed by atoms with Crippen molar-refractivity contribution in [3.05, 3.63) is 71.8 Å². The van der Waals surface area contributed by atoms with Crippen LogP contribution in [0.5, 0.6) is 0 Å². The van der Waals surface area contributed by atoms with Crippen LogP contribution in [0.15, 0.2) is 60.7 Å². The minimum absolute atomic E-state index is 0.324. The molecule has 2 aromatic rings. The average Bonchev–Trinajstić information content (AvgIpc) is 2.63. The molecule has 24 heavy (non-hydrogen) atoms. The summed E-state index contributed by atoms with van der Waals surface area (Å²) < 4.78 is 0. The van der Waals surface area contributed by atoms with E-state index in [0.717, 1.165) is 39.1 Å². The van der Waals surface area contributed by atoms with Crippen molar-refractivity contribution in [1.29, 1.82) is 0 Å². The van der Waals surface area contributed by atoms with E-state index >= 15 is 0 Å². The lowest BCUT2D eigenvalue weighted by Gasteiger charge is -2.39. The number of thiocarbonyl (C=S) groups is 1. The van der Waals surface area contributed by atoms with Crippen LogP contribution < -0.4 is 5.73 Å². The zero-order valence-corrected chi connectivity index (χ0v) is 14.8. The topological polar surface area (TPSA) is 32.5 Å². The van der Waals surface area contributed by atoms with Crippen molar-refractivity contribution < 1.29 is 0 Å². The second-order valence-electron chi connectivity index (χ2n) is 6.32. The van der Waals surface area contributed by atoms with Crippen molar-refractivity contribution in [3.63, 3.8) is 0 Å². The molecular weight excluding hydrogens is 314 g/mol. The first-order valence-electron chi connectivity index (χ1n) is 8.58. The molecule has 126 valence electrons. The van der Waals surface area contributed by atoms with Gasteiger partial charge in [-0.1, -0.05) is 72.9 Å². The first kappa shape index (κ1) is 17.1. The number of nitrogens with zero attached hydrogens (tertiary/aromatic N) is 2. The molecule has 2 aromatic carbocycles. The van der Waals surface area contributed by atoms with Crippen LogP contribution in [0.1, 0.15) is 23.6 Å². The Kier molecular flexibility index (Phi) is 5.96. The molecule has 0 bridgehead atoms. The smallest absolute Gasteiger partial charge is 0.0740 e. The van der Waals surface area contributed by atoms with Crippen molar-refractivity contribution >= 4 is 17.2 Å². The maximum Gasteiger partial charge on any atom is 0.0740 e. The van der Waals surface area contributed by atoms with Crippen LogP contribution in [0.2, 0.25) is 0 Å². The molecule has 2 N–H and O–H groups in total. The highest BCUT2D eigenvalue weighted by molar-refractivity contribution is 7.80. The number of rotatable bonds is 6. The van der Waals surface area contributed by atoms with Crippen molar-refractivity contribution in [1.82, 2.24) is 9.80 Å². The van der Waals surface area contributed by atoms with Gasteiger partial charge in [0.15, 0.2) is 0 Å². The molecule has 4 heteroatoms. The molecule has 1 heterocycles. The van der Waals surface area contributed by atoms with Gasteiger partial charge in [-0.3, -0.25) is 4.90 Å². The molecule has 1 aliphatic heterocycles. The van der Waals surface area contributed by atoms with Crippen molar-refractivity contribution in [2.75, 3.05) is 32.7 Å². The Morgan fingerprint density at radius 3 is 1.83 bits per heavy atom. The quantitative estimate of drug-likeness (QED) is 0.820. The van der Waals surface area contributed by atoms with E-state index in [2.05, 4.69) is 70.5 Å². The fourth-order valence-electron chi connectivity index (χ4n) is 3.40. The van der Waals surface area contributed by atoms with Crippen molar-refractivity contribution in [3.8, 4) is 0 Å². The minimum atomic E-state index is 0.324. The lowest BCUT2D eigenvalue weighted by atomic mass is 9.96. The summed E-state index contributed by atoms with van der Waals surface area (Å²) in [7, 11) is 0. The second-order valence-corrected chi connectivity index (χ2v) is 6.84. The van der Waals surface area contributed by atoms with Crippen molar-refractivity contribution in [2.45, 2.75) is 12.5 Å². The third-order valence-electron chi connectivity index (χ3n) is 4.68. The highest BCUT2D eigenvalue weighted by atomic mass is 32.1. The van der Waals surface area contributed by atoms with E-state index in [1.807, 2.05) is 0 Å². The van der Waals surface area contributed by atoms with Gasteiger partial charge in [0.1, 0.15) is 0 Å². The summed E-state index contributed by atoms with van der Waals surface area (Å²) in [6.45, 7) is 5.24. The zero-order valence-electron chi connectivity index (χ0n) is 14.0. The molecule has 3 rings (SSSR count). The van der Waals surface area contributed by atoms with E-state index in [9.17, 15) is 0 Å². The summed E-state index contributed by atoms with van der Waals surface area (Å²) in [6, 6.07) is 21.9. The van der Waals surface area contributed by atoms with Crippen molar-refractivity contribution in [2.24, 2.45) is 5.73 Å². The first-order valence-corrected chi connectivity index (χ1v) is 8.99. The number of benzene rings is 2. The van der Waals surface area contributed by atoms with Crippen LogP contribution in [-0.2, 0) is 0 Å². The van der Waals surface area contributed by atoms with E-state index < -0.39 is 0 Å². The van der Waals surface area contributed by atoms with Crippen LogP contribution in [0.25, 0.3) is 0 Å². The van der Waals surface area contributed by atoms with Crippen LogP contribution in [0, 0.1) is 0 Å². The van der Waals surface area contributed by atoms with E-state index in [1.165, 1.54) is 11.1 Å². The lowest BCUT2D eigenvalue weighted by molar-refractivity contribution is 0.111. The van der Waals surface area contributed by atoms with Gasteiger partial charge in [-0.2, -0.15) is 0 Å². The molecule has 0 aromatic heterocycles. The maximum absolute atomic E-state index is 5.63. The largest absolute Gasteiger partial charge is 0.393 e. The van der Waals surface area contributed by atoms with Gasteiger partial charge in [-0.05, 0) is 11.1 Å². The summed E-state index contributed by atoms with van der Waals surface area (Å²) in [5, 5.41) is 0. The molecule has 1 fully saturated rings. The fraction of sp³-hybridized carbons (Fsp3) is 0.350. The van der Waals surface area contributed by atoms with E-state index in [1.54, 1.807) is 0 Å². The van der Waals surface area contributed by atoms with E-state index in [-0.39, 0.29) is 0 Å². The Hall–Kier alpha value is -1.75. The standard InChI is InChI=1S/C20H25N3S/c21-19(24)11-12-22-13-15-23(16-14-22)20(17-7-3-1-4-8-17)18-9-5-2-6-10-18/h1-10,20H,11-16H2,(H2,21,24). The first-order chi connectivity index (χ1) is 11.7. The number of piperazine rings is 1. The average molecular weight is 340 g/mol. The Balaban J connectivity index is 1.73. The fourth-order valence-corrected chi connectivity index (χ4v) is 3.49. The highest BCUT2D eigenvalue weighted by Crippen LogP contribution is 2.29. The molecule has 0 amide bonds. The Bertz CT molecular complexity index is 597. The van der Waals surface area contributed by atoms with Gasteiger partial charge in [0.05, 0.1) is 11.0 Å². The molecule has 1 saturated heterocycles. The predicted molar refractivity (Wildman–Crippen MR) is 104 cm³/mol. The number of hydrogen-bond acceptors (Lipinski definition) is 3. The molecule has 0 aliphatic carbocycles. The summed E-state index contributed by atoms with van der Waals surface area (Å²) >= 11 is 5.00. The van der Waals surface area contributed by atoms with Gasteiger partial charge in [0.25, 0.3) is 0 Å². The van der Waals surface area contributed by atoms with Crippen LogP contribution in [0.4, 0.5) is 0 Å². The van der Waals surface area contributed by atoms with Crippen LogP contribution in [0.3, 0.4) is 0 Å². The summed E-state index contributed by atoms with van der Waals surface area (Å²) in [5.74, 6) is 0. The molecule has 0 unspecified atom stereocenters. The molecule has 1 aliphatic rings. The summed E-state index contributed by atoms with van der Waals surface area (Å²) in [6.07, 6.45) is 0.816. The normalized spacial score (nSPS) is 16.4. The number of hydrogen-bond donors (Lipinski definition) is 1. The van der Waals surface area contributed by atoms with E-state index in [4.69, 9.17) is 18.0 Å². The summed E-state index contributed by atoms with van der Waals surface area (Å²) in [5.41, 5.74) is 8.35. The second kappa shape index (κ2) is 8.38. The molecule has 0 spiro atoms. The molecule has 3 nitrogen and oxygen atoms in total. The van der Waals surface area contributed by atoms with E-state index in [0.29, 0.717) is 11.0 Å². The van der Waals surface area contributed by atoms with Crippen LogP contribution >= 0.6 is 12.2 Å². The molecule has 0 atom stereocenters. The Labute approximate surface area is 150 Å². The Morgan fingerprint density at radius 2 is 1.38 bits per heavy atom.